The summed E-state index contributed by atoms with van der Waals surface area (Å²) < 4.78 is 11.5. The number of carbonyl (C=O) groups excluding carboxylic acids is 1. The highest BCUT2D eigenvalue weighted by Gasteiger charge is 2.24. The molecule has 2 aliphatic heterocycles. The quantitative estimate of drug-likeness (QED) is 0.766. The summed E-state index contributed by atoms with van der Waals surface area (Å²) in [4.78, 5) is 14.9. The molecule has 2 saturated heterocycles. The fraction of sp³-hybridized carbons (Fsp3) is 0.667. The Hall–Kier alpha value is -1.79. The first-order chi connectivity index (χ1) is 13.1. The molecule has 2 N–H and O–H groups in total. The van der Waals surface area contributed by atoms with Crippen LogP contribution in [0.1, 0.15) is 39.5 Å². The van der Waals surface area contributed by atoms with Crippen molar-refractivity contribution in [2.75, 3.05) is 38.2 Å². The van der Waals surface area contributed by atoms with E-state index in [1.54, 1.807) is 0 Å². The summed E-state index contributed by atoms with van der Waals surface area (Å²) in [5.41, 5.74) is 0.714. The van der Waals surface area contributed by atoms with Crippen molar-refractivity contribution >= 4 is 11.7 Å². The van der Waals surface area contributed by atoms with E-state index in [-0.39, 0.29) is 12.1 Å². The second-order valence-corrected chi connectivity index (χ2v) is 8.01. The van der Waals surface area contributed by atoms with Crippen LogP contribution in [0.3, 0.4) is 0 Å². The van der Waals surface area contributed by atoms with E-state index < -0.39 is 0 Å². The molecule has 1 atom stereocenters. The molecule has 0 bridgehead atoms. The molecule has 1 aromatic carbocycles. The first kappa shape index (κ1) is 20.0. The summed E-state index contributed by atoms with van der Waals surface area (Å²) in [5, 5.41) is 6.05. The van der Waals surface area contributed by atoms with Crippen molar-refractivity contribution in [2.45, 2.75) is 51.7 Å². The van der Waals surface area contributed by atoms with Crippen molar-refractivity contribution in [3.05, 3.63) is 24.3 Å². The highest BCUT2D eigenvalue weighted by molar-refractivity contribution is 5.91. The van der Waals surface area contributed by atoms with Gasteiger partial charge in [-0.2, -0.15) is 0 Å². The van der Waals surface area contributed by atoms with E-state index in [0.29, 0.717) is 30.1 Å². The minimum absolute atomic E-state index is 0.159. The third kappa shape index (κ3) is 6.40. The van der Waals surface area contributed by atoms with Crippen LogP contribution in [0.5, 0.6) is 5.75 Å². The summed E-state index contributed by atoms with van der Waals surface area (Å²) in [6, 6.07) is 7.65. The minimum Gasteiger partial charge on any atom is -0.491 e. The minimum atomic E-state index is -0.159. The molecule has 1 aromatic rings. The van der Waals surface area contributed by atoms with Crippen molar-refractivity contribution < 1.29 is 14.3 Å². The molecule has 2 amide bonds. The van der Waals surface area contributed by atoms with Crippen LogP contribution in [-0.2, 0) is 4.74 Å². The second-order valence-electron chi connectivity index (χ2n) is 8.01. The summed E-state index contributed by atoms with van der Waals surface area (Å²) >= 11 is 0. The third-order valence-corrected chi connectivity index (χ3v) is 5.12. The van der Waals surface area contributed by atoms with Crippen LogP contribution >= 0.6 is 0 Å². The van der Waals surface area contributed by atoms with Crippen LogP contribution < -0.4 is 15.4 Å². The van der Waals surface area contributed by atoms with Gasteiger partial charge in [0.15, 0.2) is 0 Å². The second kappa shape index (κ2) is 9.95. The number of hydrogen-bond donors (Lipinski definition) is 2. The molecule has 6 heteroatoms. The lowest BCUT2D eigenvalue weighted by molar-refractivity contribution is 0.0633. The van der Waals surface area contributed by atoms with E-state index in [0.717, 1.165) is 39.1 Å². The van der Waals surface area contributed by atoms with Gasteiger partial charge in [-0.25, -0.2) is 4.79 Å². The number of hydrogen-bond acceptors (Lipinski definition) is 4. The molecule has 0 saturated carbocycles. The third-order valence-electron chi connectivity index (χ3n) is 5.12. The predicted octanol–water partition coefficient (Wildman–Crippen LogP) is 3.49. The fourth-order valence-electron chi connectivity index (χ4n) is 3.63. The molecule has 150 valence electrons. The van der Waals surface area contributed by atoms with Crippen LogP contribution in [0.4, 0.5) is 10.5 Å². The Bertz CT molecular complexity index is 594. The van der Waals surface area contributed by atoms with Crippen molar-refractivity contribution in [1.82, 2.24) is 10.2 Å². The fourth-order valence-corrected chi connectivity index (χ4v) is 3.63. The lowest BCUT2D eigenvalue weighted by atomic mass is 10.0. The summed E-state index contributed by atoms with van der Waals surface area (Å²) in [7, 11) is 0. The smallest absolute Gasteiger partial charge is 0.319 e. The van der Waals surface area contributed by atoms with Crippen LogP contribution in [0, 0.1) is 5.92 Å². The van der Waals surface area contributed by atoms with Crippen molar-refractivity contribution in [3.8, 4) is 5.75 Å². The molecular weight excluding hydrogens is 342 g/mol. The van der Waals surface area contributed by atoms with Gasteiger partial charge in [-0.05, 0) is 43.7 Å². The first-order valence-corrected chi connectivity index (χ1v) is 10.2. The number of urea groups is 1. The Morgan fingerprint density at radius 2 is 2.04 bits per heavy atom. The van der Waals surface area contributed by atoms with Gasteiger partial charge in [-0.3, -0.25) is 0 Å². The maximum atomic E-state index is 12.4. The number of nitrogens with one attached hydrogen (secondary N) is 2. The molecule has 0 aromatic heterocycles. The number of rotatable bonds is 7. The zero-order valence-electron chi connectivity index (χ0n) is 16.6. The zero-order valence-corrected chi connectivity index (χ0v) is 16.6. The van der Waals surface area contributed by atoms with Gasteiger partial charge in [0.05, 0.1) is 18.4 Å². The average Bonchev–Trinajstić information content (AvgIpc) is 3.15. The highest BCUT2D eigenvalue weighted by atomic mass is 16.5. The van der Waals surface area contributed by atoms with E-state index in [1.807, 2.05) is 24.3 Å². The van der Waals surface area contributed by atoms with Gasteiger partial charge in [-0.1, -0.05) is 26.0 Å². The predicted molar refractivity (Wildman–Crippen MR) is 107 cm³/mol. The van der Waals surface area contributed by atoms with Gasteiger partial charge in [-0.15, -0.1) is 0 Å². The number of ether oxygens (including phenoxy) is 2. The number of amides is 2. The number of nitrogens with zero attached hydrogens (tertiary/aromatic N) is 1. The van der Waals surface area contributed by atoms with E-state index in [4.69, 9.17) is 9.47 Å². The lowest BCUT2D eigenvalue weighted by Gasteiger charge is -2.33. The Morgan fingerprint density at radius 1 is 1.26 bits per heavy atom. The molecule has 0 aliphatic carbocycles. The normalized spacial score (nSPS) is 21.4. The Kier molecular flexibility index (Phi) is 7.35. The zero-order chi connectivity index (χ0) is 19.1. The topological polar surface area (TPSA) is 62.8 Å². The van der Waals surface area contributed by atoms with Gasteiger partial charge in [0, 0.05) is 32.3 Å². The summed E-state index contributed by atoms with van der Waals surface area (Å²) in [6.45, 7) is 8.80. The van der Waals surface area contributed by atoms with E-state index in [2.05, 4.69) is 29.4 Å². The van der Waals surface area contributed by atoms with E-state index >= 15 is 0 Å². The maximum absolute atomic E-state index is 12.4. The van der Waals surface area contributed by atoms with E-state index in [9.17, 15) is 4.79 Å². The SMILES string of the molecule is CC(C)COc1ccccc1NC(=O)NC1CCN(CC2CCCO2)CC1. The van der Waals surface area contributed by atoms with Crippen molar-refractivity contribution in [2.24, 2.45) is 5.92 Å². The van der Waals surface area contributed by atoms with Crippen LogP contribution in [-0.4, -0.2) is 55.9 Å². The van der Waals surface area contributed by atoms with Crippen LogP contribution in [0.15, 0.2) is 24.3 Å². The maximum Gasteiger partial charge on any atom is 0.319 e. The average molecular weight is 376 g/mol. The van der Waals surface area contributed by atoms with Gasteiger partial charge in [0.25, 0.3) is 0 Å². The highest BCUT2D eigenvalue weighted by Crippen LogP contribution is 2.24. The largest absolute Gasteiger partial charge is 0.491 e. The molecule has 2 fully saturated rings. The van der Waals surface area contributed by atoms with Crippen molar-refractivity contribution in [3.63, 3.8) is 0 Å². The van der Waals surface area contributed by atoms with Gasteiger partial charge >= 0.3 is 6.03 Å². The molecule has 0 radical (unpaired) electrons. The lowest BCUT2D eigenvalue weighted by Crippen LogP contribution is -2.47. The van der Waals surface area contributed by atoms with Gasteiger partial charge < -0.3 is 25.0 Å². The summed E-state index contributed by atoms with van der Waals surface area (Å²) in [5.74, 6) is 1.15. The molecular formula is C21H33N3O3. The molecule has 2 heterocycles. The van der Waals surface area contributed by atoms with E-state index in [1.165, 1.54) is 12.8 Å². The van der Waals surface area contributed by atoms with Crippen LogP contribution in [0.25, 0.3) is 0 Å². The Labute approximate surface area is 162 Å². The number of para-hydroxylation sites is 2. The Morgan fingerprint density at radius 3 is 2.74 bits per heavy atom. The summed E-state index contributed by atoms with van der Waals surface area (Å²) in [6.07, 6.45) is 4.72. The Balaban J connectivity index is 1.42. The number of benzene rings is 1. The molecule has 3 rings (SSSR count). The number of carbonyl (C=O) groups is 1. The van der Waals surface area contributed by atoms with Crippen LogP contribution in [0.2, 0.25) is 0 Å². The van der Waals surface area contributed by atoms with Gasteiger partial charge in [0.2, 0.25) is 0 Å². The number of anilines is 1. The van der Waals surface area contributed by atoms with Gasteiger partial charge in [0.1, 0.15) is 5.75 Å². The van der Waals surface area contributed by atoms with Crippen molar-refractivity contribution in [1.29, 1.82) is 0 Å². The molecule has 0 spiro atoms. The molecule has 27 heavy (non-hydrogen) atoms. The monoisotopic (exact) mass is 375 g/mol. The standard InChI is InChI=1S/C21H33N3O3/c1-16(2)15-27-20-8-4-3-7-19(20)23-21(25)22-17-9-11-24(12-10-17)14-18-6-5-13-26-18/h3-4,7-8,16-18H,5-6,9-15H2,1-2H3,(H2,22,23,25). The molecule has 6 nitrogen and oxygen atoms in total. The molecule has 2 aliphatic rings. The number of likely N-dealkylation sites (tertiary alicyclic amines) is 1. The molecule has 1 unspecified atom stereocenters. The first-order valence-electron chi connectivity index (χ1n) is 10.2. The number of piperidine rings is 1.